The van der Waals surface area contributed by atoms with Gasteiger partial charge in [-0.05, 0) is 12.1 Å². The molecule has 22 heavy (non-hydrogen) atoms. The largest absolute Gasteiger partial charge is 0.294 e. The Balaban J connectivity index is 1.78. The number of thioether (sulfide) groups is 1. The second-order valence-corrected chi connectivity index (χ2v) is 5.39. The van der Waals surface area contributed by atoms with Gasteiger partial charge in [-0.2, -0.15) is 10.1 Å². The van der Waals surface area contributed by atoms with Crippen LogP contribution in [0.5, 0.6) is 0 Å². The third kappa shape index (κ3) is 2.84. The molecule has 3 rings (SSSR count). The van der Waals surface area contributed by atoms with Crippen LogP contribution in [0.25, 0.3) is 10.9 Å². The molecule has 112 valence electrons. The highest BCUT2D eigenvalue weighted by Gasteiger charge is 2.11. The Morgan fingerprint density at radius 3 is 3.00 bits per heavy atom. The van der Waals surface area contributed by atoms with Crippen molar-refractivity contribution in [2.75, 3.05) is 11.1 Å². The van der Waals surface area contributed by atoms with Crippen molar-refractivity contribution in [1.82, 2.24) is 24.7 Å². The van der Waals surface area contributed by atoms with Crippen LogP contribution < -0.4 is 10.9 Å². The standard InChI is InChI=1S/C13H12N6O2S/c1-19-11(21)8-4-2-3-5-9(8)16-13(19)22-6-10(20)17-12-14-7-15-18-12/h2-5,7H,6H2,1H3,(H2,14,15,17,18,20). The van der Waals surface area contributed by atoms with Gasteiger partial charge >= 0.3 is 0 Å². The Bertz CT molecular complexity index is 874. The Kier molecular flexibility index (Phi) is 3.88. The maximum atomic E-state index is 12.2. The van der Waals surface area contributed by atoms with Gasteiger partial charge in [0.05, 0.1) is 16.7 Å². The second-order valence-electron chi connectivity index (χ2n) is 4.45. The molecule has 0 atom stereocenters. The molecule has 0 saturated carbocycles. The van der Waals surface area contributed by atoms with Gasteiger partial charge < -0.3 is 0 Å². The lowest BCUT2D eigenvalue weighted by Gasteiger charge is -2.08. The number of amides is 1. The van der Waals surface area contributed by atoms with Crippen LogP contribution in [-0.4, -0.2) is 36.4 Å². The van der Waals surface area contributed by atoms with E-state index in [1.165, 1.54) is 22.7 Å². The summed E-state index contributed by atoms with van der Waals surface area (Å²) in [5.74, 6) is 0.134. The summed E-state index contributed by atoms with van der Waals surface area (Å²) in [4.78, 5) is 32.3. The number of para-hydroxylation sites is 1. The number of carbonyl (C=O) groups excluding carboxylic acids is 1. The Hall–Kier alpha value is -2.68. The van der Waals surface area contributed by atoms with Gasteiger partial charge in [0.1, 0.15) is 6.33 Å². The fourth-order valence-electron chi connectivity index (χ4n) is 1.89. The van der Waals surface area contributed by atoms with Crippen LogP contribution in [-0.2, 0) is 11.8 Å². The normalized spacial score (nSPS) is 10.8. The van der Waals surface area contributed by atoms with Gasteiger partial charge in [0, 0.05) is 7.05 Å². The Morgan fingerprint density at radius 2 is 2.23 bits per heavy atom. The summed E-state index contributed by atoms with van der Waals surface area (Å²) in [7, 11) is 1.64. The molecule has 2 heterocycles. The smallest absolute Gasteiger partial charge is 0.261 e. The van der Waals surface area contributed by atoms with E-state index in [1.54, 1.807) is 25.2 Å². The van der Waals surface area contributed by atoms with Crippen molar-refractivity contribution in [2.24, 2.45) is 7.05 Å². The Labute approximate surface area is 129 Å². The first-order valence-electron chi connectivity index (χ1n) is 6.39. The molecule has 1 amide bonds. The molecule has 0 unspecified atom stereocenters. The number of rotatable bonds is 4. The molecule has 0 aliphatic carbocycles. The van der Waals surface area contributed by atoms with Crippen molar-refractivity contribution in [3.63, 3.8) is 0 Å². The van der Waals surface area contributed by atoms with Gasteiger partial charge in [-0.25, -0.2) is 10.1 Å². The summed E-state index contributed by atoms with van der Waals surface area (Å²) in [6.07, 6.45) is 1.30. The number of anilines is 1. The highest BCUT2D eigenvalue weighted by atomic mass is 32.2. The number of nitrogens with one attached hydrogen (secondary N) is 2. The van der Waals surface area contributed by atoms with Crippen molar-refractivity contribution in [1.29, 1.82) is 0 Å². The molecule has 0 fully saturated rings. The van der Waals surface area contributed by atoms with Crippen molar-refractivity contribution in [2.45, 2.75) is 5.16 Å². The van der Waals surface area contributed by atoms with Gasteiger partial charge in [-0.1, -0.05) is 23.9 Å². The third-order valence-corrected chi connectivity index (χ3v) is 3.98. The SMILES string of the molecule is Cn1c(SCC(=O)Nc2ncn[nH]2)nc2ccccc2c1=O. The van der Waals surface area contributed by atoms with E-state index in [0.717, 1.165) is 0 Å². The van der Waals surface area contributed by atoms with Gasteiger partial charge in [0.25, 0.3) is 5.56 Å². The zero-order valence-corrected chi connectivity index (χ0v) is 12.4. The van der Waals surface area contributed by atoms with E-state index in [9.17, 15) is 9.59 Å². The summed E-state index contributed by atoms with van der Waals surface area (Å²) in [5.41, 5.74) is 0.479. The first-order chi connectivity index (χ1) is 10.6. The number of H-pyrrole nitrogens is 1. The number of benzene rings is 1. The molecule has 0 bridgehead atoms. The molecule has 2 aromatic heterocycles. The molecule has 9 heteroatoms. The lowest BCUT2D eigenvalue weighted by Crippen LogP contribution is -2.21. The minimum atomic E-state index is -0.260. The third-order valence-electron chi connectivity index (χ3n) is 2.95. The number of aromatic amines is 1. The molecule has 2 N–H and O–H groups in total. The van der Waals surface area contributed by atoms with Gasteiger partial charge in [0.2, 0.25) is 11.9 Å². The fourth-order valence-corrected chi connectivity index (χ4v) is 2.66. The Morgan fingerprint density at radius 1 is 1.41 bits per heavy atom. The minimum absolute atomic E-state index is 0.110. The number of nitrogens with zero attached hydrogens (tertiary/aromatic N) is 4. The predicted molar refractivity (Wildman–Crippen MR) is 82.7 cm³/mol. The molecule has 0 radical (unpaired) electrons. The molecule has 8 nitrogen and oxygen atoms in total. The number of aromatic nitrogens is 5. The van der Waals surface area contributed by atoms with E-state index >= 15 is 0 Å². The number of hydrogen-bond donors (Lipinski definition) is 2. The monoisotopic (exact) mass is 316 g/mol. The molecule has 0 saturated heterocycles. The zero-order valence-electron chi connectivity index (χ0n) is 11.6. The van der Waals surface area contributed by atoms with Crippen LogP contribution >= 0.6 is 11.8 Å². The summed E-state index contributed by atoms with van der Waals surface area (Å²) in [5, 5.41) is 9.77. The maximum absolute atomic E-state index is 12.2. The van der Waals surface area contributed by atoms with Crippen molar-refractivity contribution in [3.8, 4) is 0 Å². The number of hydrogen-bond acceptors (Lipinski definition) is 6. The minimum Gasteiger partial charge on any atom is -0.294 e. The fraction of sp³-hybridized carbons (Fsp3) is 0.154. The predicted octanol–water partition coefficient (Wildman–Crippen LogP) is 0.782. The average molecular weight is 316 g/mol. The number of carbonyl (C=O) groups is 1. The second kappa shape index (κ2) is 5.98. The van der Waals surface area contributed by atoms with Crippen LogP contribution in [0.1, 0.15) is 0 Å². The molecule has 3 aromatic rings. The zero-order chi connectivity index (χ0) is 15.5. The van der Waals surface area contributed by atoms with E-state index in [1.807, 2.05) is 6.07 Å². The van der Waals surface area contributed by atoms with E-state index < -0.39 is 0 Å². The topological polar surface area (TPSA) is 106 Å². The molecule has 1 aromatic carbocycles. The van der Waals surface area contributed by atoms with Crippen molar-refractivity contribution in [3.05, 3.63) is 40.9 Å². The van der Waals surface area contributed by atoms with E-state index in [-0.39, 0.29) is 23.2 Å². The quantitative estimate of drug-likeness (QED) is 0.544. The lowest BCUT2D eigenvalue weighted by atomic mass is 10.2. The van der Waals surface area contributed by atoms with E-state index in [0.29, 0.717) is 16.1 Å². The molecule has 0 aliphatic heterocycles. The highest BCUT2D eigenvalue weighted by molar-refractivity contribution is 7.99. The average Bonchev–Trinajstić information content (AvgIpc) is 3.02. The van der Waals surface area contributed by atoms with Crippen LogP contribution in [0.4, 0.5) is 5.95 Å². The van der Waals surface area contributed by atoms with Gasteiger partial charge in [-0.15, -0.1) is 0 Å². The summed E-state index contributed by atoms with van der Waals surface area (Å²) in [6.45, 7) is 0. The van der Waals surface area contributed by atoms with Gasteiger partial charge in [0.15, 0.2) is 5.16 Å². The van der Waals surface area contributed by atoms with E-state index in [2.05, 4.69) is 25.5 Å². The molecule has 0 aliphatic rings. The molecule has 0 spiro atoms. The first-order valence-corrected chi connectivity index (χ1v) is 7.37. The first kappa shape index (κ1) is 14.3. The van der Waals surface area contributed by atoms with Crippen molar-refractivity contribution < 1.29 is 4.79 Å². The lowest BCUT2D eigenvalue weighted by molar-refractivity contribution is -0.113. The van der Waals surface area contributed by atoms with Crippen molar-refractivity contribution >= 4 is 34.5 Å². The molecular weight excluding hydrogens is 304 g/mol. The van der Waals surface area contributed by atoms with Gasteiger partial charge in [-0.3, -0.25) is 19.5 Å². The number of fused-ring (bicyclic) bond motifs is 1. The summed E-state index contributed by atoms with van der Waals surface area (Å²) in [6, 6.07) is 7.12. The highest BCUT2D eigenvalue weighted by Crippen LogP contribution is 2.16. The van der Waals surface area contributed by atoms with Crippen LogP contribution in [0.2, 0.25) is 0 Å². The summed E-state index contributed by atoms with van der Waals surface area (Å²) >= 11 is 1.18. The van der Waals surface area contributed by atoms with E-state index in [4.69, 9.17) is 0 Å². The van der Waals surface area contributed by atoms with Crippen LogP contribution in [0.15, 0.2) is 40.5 Å². The van der Waals surface area contributed by atoms with Crippen LogP contribution in [0, 0.1) is 0 Å². The maximum Gasteiger partial charge on any atom is 0.261 e. The van der Waals surface area contributed by atoms with Crippen LogP contribution in [0.3, 0.4) is 0 Å². The summed E-state index contributed by atoms with van der Waals surface area (Å²) < 4.78 is 1.44. The molecular formula is C13H12N6O2S.